The molecule has 24 heavy (non-hydrogen) atoms. The first kappa shape index (κ1) is 15.7. The van der Waals surface area contributed by atoms with Gasteiger partial charge >= 0.3 is 0 Å². The molecule has 4 rings (SSSR count). The predicted molar refractivity (Wildman–Crippen MR) is 92.9 cm³/mol. The average Bonchev–Trinajstić information content (AvgIpc) is 3.01. The molecule has 0 spiro atoms. The van der Waals surface area contributed by atoms with E-state index >= 15 is 0 Å². The Morgan fingerprint density at radius 2 is 1.96 bits per heavy atom. The molecule has 7 heteroatoms. The third-order valence-electron chi connectivity index (χ3n) is 5.13. The molecule has 0 unspecified atom stereocenters. The zero-order valence-corrected chi connectivity index (χ0v) is 15.2. The van der Waals surface area contributed by atoms with Gasteiger partial charge in [0.25, 0.3) is 0 Å². The lowest BCUT2D eigenvalue weighted by Crippen LogP contribution is -2.32. The zero-order chi connectivity index (χ0) is 17.4. The van der Waals surface area contributed by atoms with E-state index in [0.29, 0.717) is 28.8 Å². The van der Waals surface area contributed by atoms with Crippen molar-refractivity contribution in [1.29, 1.82) is 5.26 Å². The lowest BCUT2D eigenvalue weighted by molar-refractivity contribution is -0.0936. The number of aliphatic hydroxyl groups is 1. The van der Waals surface area contributed by atoms with Gasteiger partial charge in [-0.15, -0.1) is 0 Å². The quantitative estimate of drug-likeness (QED) is 0.595. The van der Waals surface area contributed by atoms with E-state index < -0.39 is 17.3 Å². The molecule has 3 atom stereocenters. The largest absolute Gasteiger partial charge is 0.494 e. The van der Waals surface area contributed by atoms with Crippen molar-refractivity contribution in [3.63, 3.8) is 0 Å². The van der Waals surface area contributed by atoms with Gasteiger partial charge in [0.2, 0.25) is 11.8 Å². The van der Waals surface area contributed by atoms with Crippen molar-refractivity contribution in [3.05, 3.63) is 38.5 Å². The lowest BCUT2D eigenvalue weighted by atomic mass is 9.78. The van der Waals surface area contributed by atoms with Crippen molar-refractivity contribution >= 4 is 22.6 Å². The molecule has 6 nitrogen and oxygen atoms in total. The second-order valence-electron chi connectivity index (χ2n) is 6.67. The molecular weight excluding hydrogens is 423 g/mol. The van der Waals surface area contributed by atoms with Gasteiger partial charge in [0.1, 0.15) is 11.7 Å². The van der Waals surface area contributed by atoms with E-state index in [2.05, 4.69) is 6.07 Å². The molecular formula is C17H15IN2O4. The van der Waals surface area contributed by atoms with Gasteiger partial charge < -0.3 is 20.1 Å². The van der Waals surface area contributed by atoms with E-state index in [0.717, 1.165) is 3.57 Å². The van der Waals surface area contributed by atoms with E-state index in [1.807, 2.05) is 22.6 Å². The van der Waals surface area contributed by atoms with Crippen LogP contribution in [0.1, 0.15) is 37.0 Å². The molecule has 2 bridgehead atoms. The van der Waals surface area contributed by atoms with Gasteiger partial charge in [-0.2, -0.15) is 5.26 Å². The Kier molecular flexibility index (Phi) is 3.05. The minimum atomic E-state index is -1.04. The fourth-order valence-electron chi connectivity index (χ4n) is 4.01. The summed E-state index contributed by atoms with van der Waals surface area (Å²) in [5.41, 5.74) is 0.139. The summed E-state index contributed by atoms with van der Waals surface area (Å²) >= 11 is 2.04. The van der Waals surface area contributed by atoms with Crippen LogP contribution >= 0.6 is 22.6 Å². The number of rotatable bonds is 1. The Bertz CT molecular complexity index is 932. The number of ether oxygens (including phenoxy) is 1. The summed E-state index contributed by atoms with van der Waals surface area (Å²) in [4.78, 5) is 0. The van der Waals surface area contributed by atoms with Gasteiger partial charge in [-0.1, -0.05) is 0 Å². The van der Waals surface area contributed by atoms with Gasteiger partial charge in [-0.05, 0) is 54.6 Å². The van der Waals surface area contributed by atoms with Crippen LogP contribution in [-0.2, 0) is 15.9 Å². The molecule has 0 amide bonds. The second-order valence-corrected chi connectivity index (χ2v) is 7.83. The van der Waals surface area contributed by atoms with E-state index in [4.69, 9.17) is 10.00 Å². The maximum Gasteiger partial charge on any atom is 0.205 e. The normalized spacial score (nSPS) is 30.4. The minimum Gasteiger partial charge on any atom is -0.494 e. The van der Waals surface area contributed by atoms with Crippen LogP contribution in [0.3, 0.4) is 0 Å². The maximum atomic E-state index is 10.8. The molecule has 0 radical (unpaired) electrons. The van der Waals surface area contributed by atoms with Crippen molar-refractivity contribution in [2.45, 2.75) is 37.6 Å². The summed E-state index contributed by atoms with van der Waals surface area (Å²) in [6.45, 7) is 3.53. The summed E-state index contributed by atoms with van der Waals surface area (Å²) < 4.78 is 8.01. The zero-order valence-electron chi connectivity index (χ0n) is 13.0. The molecule has 2 aliphatic rings. The van der Waals surface area contributed by atoms with Crippen molar-refractivity contribution in [2.75, 3.05) is 0 Å². The van der Waals surface area contributed by atoms with Crippen LogP contribution in [0.15, 0.2) is 18.2 Å². The van der Waals surface area contributed by atoms with E-state index in [1.165, 1.54) is 4.57 Å². The highest BCUT2D eigenvalue weighted by Gasteiger charge is 2.64. The number of nitrogens with zero attached hydrogens (tertiary/aromatic N) is 2. The highest BCUT2D eigenvalue weighted by molar-refractivity contribution is 14.1. The summed E-state index contributed by atoms with van der Waals surface area (Å²) in [6.07, 6.45) is -0.393. The summed E-state index contributed by atoms with van der Waals surface area (Å²) in [7, 11) is 0. The van der Waals surface area contributed by atoms with Crippen LogP contribution in [0.4, 0.5) is 0 Å². The number of hydrogen-bond donors (Lipinski definition) is 3. The predicted octanol–water partition coefficient (Wildman–Crippen LogP) is 2.59. The lowest BCUT2D eigenvalue weighted by Gasteiger charge is -2.25. The summed E-state index contributed by atoms with van der Waals surface area (Å²) in [5, 5.41) is 40.9. The number of nitriles is 1. The Morgan fingerprint density at radius 3 is 2.58 bits per heavy atom. The first-order valence-electron chi connectivity index (χ1n) is 7.49. The topological polar surface area (TPSA) is 98.6 Å². The molecule has 0 saturated carbocycles. The smallest absolute Gasteiger partial charge is 0.205 e. The molecule has 1 aromatic heterocycles. The number of fused-ring (bicyclic) bond motifs is 5. The Morgan fingerprint density at radius 1 is 1.29 bits per heavy atom. The van der Waals surface area contributed by atoms with Gasteiger partial charge in [0.05, 0.1) is 34.1 Å². The number of hydrogen-bond acceptors (Lipinski definition) is 5. The first-order valence-corrected chi connectivity index (χ1v) is 8.56. The van der Waals surface area contributed by atoms with E-state index in [9.17, 15) is 15.3 Å². The molecule has 2 aliphatic heterocycles. The SMILES string of the molecule is C[C@]12C[C@H](O)[C@@](C)(O1)c1c2c(O)n(-c2ccc(C#N)c(I)c2)c1O. The van der Waals surface area contributed by atoms with Crippen molar-refractivity contribution in [1.82, 2.24) is 4.57 Å². The van der Waals surface area contributed by atoms with Crippen molar-refractivity contribution < 1.29 is 20.1 Å². The Balaban J connectivity index is 1.98. The first-order chi connectivity index (χ1) is 11.2. The number of halogens is 1. The van der Waals surface area contributed by atoms with Gasteiger partial charge in [0, 0.05) is 9.99 Å². The molecule has 2 aromatic rings. The number of aliphatic hydroxyl groups excluding tert-OH is 1. The van der Waals surface area contributed by atoms with Gasteiger partial charge in [-0.3, -0.25) is 4.57 Å². The van der Waals surface area contributed by atoms with Crippen LogP contribution in [0.25, 0.3) is 5.69 Å². The molecule has 0 aliphatic carbocycles. The number of aromatic nitrogens is 1. The molecule has 3 N–H and O–H groups in total. The van der Waals surface area contributed by atoms with Gasteiger partial charge in [0.15, 0.2) is 0 Å². The summed E-state index contributed by atoms with van der Waals surface area (Å²) in [5.74, 6) is -0.242. The Labute approximate surface area is 152 Å². The highest BCUT2D eigenvalue weighted by atomic mass is 127. The fraction of sp³-hybridized carbons (Fsp3) is 0.353. The molecule has 1 saturated heterocycles. The molecule has 124 valence electrons. The van der Waals surface area contributed by atoms with Crippen LogP contribution in [0.5, 0.6) is 11.8 Å². The minimum absolute atomic E-state index is 0.0962. The third kappa shape index (κ3) is 1.71. The molecule has 1 aromatic carbocycles. The number of aromatic hydroxyl groups is 2. The van der Waals surface area contributed by atoms with E-state index in [1.54, 1.807) is 32.0 Å². The van der Waals surface area contributed by atoms with Crippen molar-refractivity contribution in [2.24, 2.45) is 0 Å². The molecule has 1 fully saturated rings. The Hall–Kier alpha value is -1.76. The summed E-state index contributed by atoms with van der Waals surface area (Å²) in [6, 6.07) is 7.12. The van der Waals surface area contributed by atoms with Gasteiger partial charge in [-0.25, -0.2) is 0 Å². The molecule has 3 heterocycles. The standard InChI is InChI=1S/C17H15IN2O4/c1-16-6-11(21)17(2,24-16)13-12(16)14(22)20(15(13)23)9-4-3-8(7-19)10(18)5-9/h3-5,11,21-23H,6H2,1-2H3/t11-,16+,17+/m0/s1. The fourth-order valence-corrected chi connectivity index (χ4v) is 4.63. The van der Waals surface area contributed by atoms with Crippen molar-refractivity contribution in [3.8, 4) is 23.5 Å². The van der Waals surface area contributed by atoms with Crippen LogP contribution in [0.2, 0.25) is 0 Å². The third-order valence-corrected chi connectivity index (χ3v) is 6.03. The van der Waals surface area contributed by atoms with E-state index in [-0.39, 0.29) is 11.8 Å². The monoisotopic (exact) mass is 438 g/mol. The van der Waals surface area contributed by atoms with Crippen LogP contribution in [0, 0.1) is 14.9 Å². The second kappa shape index (κ2) is 4.65. The van der Waals surface area contributed by atoms with Crippen LogP contribution in [-0.4, -0.2) is 26.0 Å². The highest BCUT2D eigenvalue weighted by Crippen LogP contribution is 2.64. The average molecular weight is 438 g/mol. The maximum absolute atomic E-state index is 10.8. The van der Waals surface area contributed by atoms with Crippen LogP contribution < -0.4 is 0 Å². The number of benzene rings is 1.